The predicted molar refractivity (Wildman–Crippen MR) is 71.8 cm³/mol. The van der Waals surface area contributed by atoms with E-state index in [9.17, 15) is 4.79 Å². The van der Waals surface area contributed by atoms with E-state index in [0.29, 0.717) is 43.0 Å². The van der Waals surface area contributed by atoms with Gasteiger partial charge in [0.15, 0.2) is 0 Å². The van der Waals surface area contributed by atoms with Crippen LogP contribution < -0.4 is 0 Å². The van der Waals surface area contributed by atoms with Crippen molar-refractivity contribution in [2.75, 3.05) is 26.3 Å². The number of hydrogen-bond donors (Lipinski definition) is 0. The molecule has 0 aliphatic carbocycles. The molecule has 0 atom stereocenters. The lowest BCUT2D eigenvalue weighted by Gasteiger charge is -2.26. The van der Waals surface area contributed by atoms with Crippen LogP contribution in [0.25, 0.3) is 11.0 Å². The monoisotopic (exact) mass is 322 g/mol. The molecule has 1 fully saturated rings. The molecule has 7 heteroatoms. The molecule has 3 rings (SSSR count). The molecule has 6 nitrogen and oxygen atoms in total. The molecular weight excluding hydrogens is 312 g/mol. The summed E-state index contributed by atoms with van der Waals surface area (Å²) in [6.07, 6.45) is 4.75. The number of carbonyl (C=O) groups excluding carboxylic acids is 1. The van der Waals surface area contributed by atoms with Gasteiger partial charge in [-0.3, -0.25) is 14.8 Å². The van der Waals surface area contributed by atoms with Crippen molar-refractivity contribution in [1.29, 1.82) is 0 Å². The van der Waals surface area contributed by atoms with Crippen LogP contribution in [-0.2, 0) is 4.74 Å². The second kappa shape index (κ2) is 5.18. The minimum atomic E-state index is -0.110. The van der Waals surface area contributed by atoms with Gasteiger partial charge in [-0.05, 0) is 15.9 Å². The molecule has 3 heterocycles. The number of halogens is 1. The van der Waals surface area contributed by atoms with Gasteiger partial charge in [0.2, 0.25) is 0 Å². The van der Waals surface area contributed by atoms with Crippen molar-refractivity contribution in [3.8, 4) is 0 Å². The van der Waals surface area contributed by atoms with Gasteiger partial charge in [-0.25, -0.2) is 4.98 Å². The number of morpholine rings is 1. The molecule has 1 aliphatic heterocycles. The van der Waals surface area contributed by atoms with Crippen LogP contribution in [-0.4, -0.2) is 52.1 Å². The maximum absolute atomic E-state index is 12.3. The number of amides is 1. The fourth-order valence-corrected chi connectivity index (χ4v) is 2.34. The quantitative estimate of drug-likeness (QED) is 0.790. The smallest absolute Gasteiger partial charge is 0.274 e. The van der Waals surface area contributed by atoms with Gasteiger partial charge in [-0.2, -0.15) is 0 Å². The van der Waals surface area contributed by atoms with E-state index in [4.69, 9.17) is 4.74 Å². The molecule has 0 spiro atoms. The Bertz CT molecular complexity index is 628. The van der Waals surface area contributed by atoms with E-state index >= 15 is 0 Å². The van der Waals surface area contributed by atoms with Gasteiger partial charge in [-0.1, -0.05) is 0 Å². The molecule has 0 aromatic carbocycles. The van der Waals surface area contributed by atoms with Gasteiger partial charge in [0.1, 0.15) is 16.7 Å². The van der Waals surface area contributed by atoms with E-state index < -0.39 is 0 Å². The van der Waals surface area contributed by atoms with Crippen LogP contribution in [0.4, 0.5) is 0 Å². The largest absolute Gasteiger partial charge is 0.378 e. The van der Waals surface area contributed by atoms with Gasteiger partial charge in [0.25, 0.3) is 5.91 Å². The Labute approximate surface area is 117 Å². The third-order valence-corrected chi connectivity index (χ3v) is 3.51. The predicted octanol–water partition coefficient (Wildman–Crippen LogP) is 1.26. The minimum absolute atomic E-state index is 0.110. The van der Waals surface area contributed by atoms with Gasteiger partial charge < -0.3 is 9.64 Å². The first-order valence-corrected chi connectivity index (χ1v) is 6.68. The van der Waals surface area contributed by atoms with E-state index in [1.54, 1.807) is 17.3 Å². The summed E-state index contributed by atoms with van der Waals surface area (Å²) in [7, 11) is 0. The Morgan fingerprint density at radius 2 is 2.05 bits per heavy atom. The number of aromatic nitrogens is 3. The van der Waals surface area contributed by atoms with Crippen LogP contribution in [0, 0.1) is 0 Å². The summed E-state index contributed by atoms with van der Waals surface area (Å²) < 4.78 is 5.96. The molecule has 0 bridgehead atoms. The molecule has 1 amide bonds. The lowest BCUT2D eigenvalue weighted by atomic mass is 10.3. The van der Waals surface area contributed by atoms with Gasteiger partial charge in [0, 0.05) is 19.3 Å². The lowest BCUT2D eigenvalue weighted by Crippen LogP contribution is -2.41. The molecule has 0 saturated carbocycles. The summed E-state index contributed by atoms with van der Waals surface area (Å²) in [6.45, 7) is 2.33. The average molecular weight is 323 g/mol. The summed E-state index contributed by atoms with van der Waals surface area (Å²) in [5.41, 5.74) is 1.66. The second-order valence-corrected chi connectivity index (χ2v) is 5.00. The topological polar surface area (TPSA) is 68.2 Å². The molecular formula is C12H11BrN4O2. The van der Waals surface area contributed by atoms with E-state index in [2.05, 4.69) is 30.9 Å². The van der Waals surface area contributed by atoms with Crippen LogP contribution >= 0.6 is 15.9 Å². The SMILES string of the molecule is O=C(c1cnc2cncc(Br)c2n1)N1CCOCC1. The molecule has 19 heavy (non-hydrogen) atoms. The molecule has 2 aromatic rings. The summed E-state index contributed by atoms with van der Waals surface area (Å²) in [4.78, 5) is 26.6. The maximum atomic E-state index is 12.3. The summed E-state index contributed by atoms with van der Waals surface area (Å²) in [5.74, 6) is -0.110. The summed E-state index contributed by atoms with van der Waals surface area (Å²) >= 11 is 3.37. The molecule has 0 radical (unpaired) electrons. The molecule has 2 aromatic heterocycles. The second-order valence-electron chi connectivity index (χ2n) is 4.15. The summed E-state index contributed by atoms with van der Waals surface area (Å²) in [5, 5.41) is 0. The first-order chi connectivity index (χ1) is 9.25. The average Bonchev–Trinajstić information content (AvgIpc) is 2.47. The first-order valence-electron chi connectivity index (χ1n) is 5.89. The van der Waals surface area contributed by atoms with E-state index in [0.717, 1.165) is 4.47 Å². The van der Waals surface area contributed by atoms with Gasteiger partial charge in [-0.15, -0.1) is 0 Å². The molecule has 1 saturated heterocycles. The van der Waals surface area contributed by atoms with Crippen molar-refractivity contribution in [3.05, 3.63) is 28.8 Å². The Balaban J connectivity index is 1.96. The van der Waals surface area contributed by atoms with Crippen LogP contribution in [0.15, 0.2) is 23.1 Å². The summed E-state index contributed by atoms with van der Waals surface area (Å²) in [6, 6.07) is 0. The number of nitrogens with zero attached hydrogens (tertiary/aromatic N) is 4. The van der Waals surface area contributed by atoms with Crippen LogP contribution in [0.1, 0.15) is 10.5 Å². The number of hydrogen-bond acceptors (Lipinski definition) is 5. The Hall–Kier alpha value is -1.60. The van der Waals surface area contributed by atoms with Crippen molar-refractivity contribution in [3.63, 3.8) is 0 Å². The van der Waals surface area contributed by atoms with E-state index in [-0.39, 0.29) is 5.91 Å². The van der Waals surface area contributed by atoms with Gasteiger partial charge in [0.05, 0.1) is 30.1 Å². The zero-order valence-electron chi connectivity index (χ0n) is 10.0. The van der Waals surface area contributed by atoms with Crippen molar-refractivity contribution in [1.82, 2.24) is 19.9 Å². The highest BCUT2D eigenvalue weighted by Crippen LogP contribution is 2.19. The number of fused-ring (bicyclic) bond motifs is 1. The number of pyridine rings is 1. The Morgan fingerprint density at radius 3 is 2.84 bits per heavy atom. The highest BCUT2D eigenvalue weighted by atomic mass is 79.9. The van der Waals surface area contributed by atoms with Crippen molar-refractivity contribution in [2.45, 2.75) is 0 Å². The Morgan fingerprint density at radius 1 is 1.26 bits per heavy atom. The highest BCUT2D eigenvalue weighted by molar-refractivity contribution is 9.10. The maximum Gasteiger partial charge on any atom is 0.274 e. The fraction of sp³-hybridized carbons (Fsp3) is 0.333. The molecule has 0 N–H and O–H groups in total. The highest BCUT2D eigenvalue weighted by Gasteiger charge is 2.20. The third-order valence-electron chi connectivity index (χ3n) is 2.93. The lowest BCUT2D eigenvalue weighted by molar-refractivity contribution is 0.0299. The number of carbonyl (C=O) groups is 1. The van der Waals surface area contributed by atoms with Crippen molar-refractivity contribution >= 4 is 32.9 Å². The van der Waals surface area contributed by atoms with Crippen molar-refractivity contribution in [2.24, 2.45) is 0 Å². The molecule has 98 valence electrons. The zero-order valence-corrected chi connectivity index (χ0v) is 11.6. The number of rotatable bonds is 1. The molecule has 0 unspecified atom stereocenters. The minimum Gasteiger partial charge on any atom is -0.378 e. The van der Waals surface area contributed by atoms with Gasteiger partial charge >= 0.3 is 0 Å². The van der Waals surface area contributed by atoms with E-state index in [1.165, 1.54) is 6.20 Å². The van der Waals surface area contributed by atoms with Crippen LogP contribution in [0.5, 0.6) is 0 Å². The van der Waals surface area contributed by atoms with Crippen LogP contribution in [0.2, 0.25) is 0 Å². The fourth-order valence-electron chi connectivity index (χ4n) is 1.93. The normalized spacial score (nSPS) is 15.7. The van der Waals surface area contributed by atoms with Crippen LogP contribution in [0.3, 0.4) is 0 Å². The van der Waals surface area contributed by atoms with E-state index in [1.807, 2.05) is 0 Å². The molecule has 1 aliphatic rings. The Kier molecular flexibility index (Phi) is 3.39. The third kappa shape index (κ3) is 2.43. The zero-order chi connectivity index (χ0) is 13.2. The standard InChI is InChI=1S/C12H11BrN4O2/c13-8-5-14-6-9-11(8)16-10(7-15-9)12(18)17-1-3-19-4-2-17/h5-7H,1-4H2. The first kappa shape index (κ1) is 12.4. The van der Waals surface area contributed by atoms with Crippen molar-refractivity contribution < 1.29 is 9.53 Å². The number of ether oxygens (including phenoxy) is 1.